The van der Waals surface area contributed by atoms with Crippen molar-refractivity contribution < 1.29 is 34.2 Å². The molecule has 0 aliphatic carbocycles. The van der Waals surface area contributed by atoms with Crippen molar-refractivity contribution in [3.8, 4) is 0 Å². The Morgan fingerprint density at radius 3 is 1.86 bits per heavy atom. The molecule has 0 spiro atoms. The zero-order valence-corrected chi connectivity index (χ0v) is 17.0. The number of unbranched alkanes of at least 4 members (excludes halogenated alkanes) is 1. The zero-order chi connectivity index (χ0) is 22.6. The molecule has 0 saturated carbocycles. The molecule has 0 aromatic carbocycles. The standard InChI is InChI=1S/C16H29N5O7S/c1-8(18)13(24)21-11(7-29)15(26)19-9(4-2-3-5-17)14(25)20-10(16(27)28)6-12(22)23/h8-11,29H,2-7,17-18H2,1H3,(H,19,26)(H,20,25)(H,21,24)(H,22,23)(H,27,28). The molecule has 12 nitrogen and oxygen atoms in total. The van der Waals surface area contributed by atoms with Gasteiger partial charge in [0.2, 0.25) is 17.7 Å². The third-order valence-electron chi connectivity index (χ3n) is 3.80. The summed E-state index contributed by atoms with van der Waals surface area (Å²) in [6, 6.07) is -4.75. The number of amides is 3. The van der Waals surface area contributed by atoms with E-state index in [0.29, 0.717) is 19.4 Å². The molecule has 0 rings (SSSR count). The molecule has 0 heterocycles. The molecule has 4 unspecified atom stereocenters. The number of hydrogen-bond donors (Lipinski definition) is 8. The van der Waals surface area contributed by atoms with Gasteiger partial charge in [-0.15, -0.1) is 0 Å². The number of nitrogens with two attached hydrogens (primary N) is 2. The summed E-state index contributed by atoms with van der Waals surface area (Å²) in [6.07, 6.45) is 0.306. The number of nitrogens with one attached hydrogen (secondary N) is 3. The Hall–Kier alpha value is -2.38. The molecule has 13 heteroatoms. The van der Waals surface area contributed by atoms with E-state index in [2.05, 4.69) is 28.6 Å². The van der Waals surface area contributed by atoms with Crippen LogP contribution < -0.4 is 27.4 Å². The summed E-state index contributed by atoms with van der Waals surface area (Å²) in [6.45, 7) is 1.78. The third kappa shape index (κ3) is 10.7. The molecule has 0 aliphatic rings. The summed E-state index contributed by atoms with van der Waals surface area (Å²) in [7, 11) is 0. The topological polar surface area (TPSA) is 214 Å². The van der Waals surface area contributed by atoms with Crippen LogP contribution in [0.5, 0.6) is 0 Å². The van der Waals surface area contributed by atoms with E-state index in [-0.39, 0.29) is 12.2 Å². The van der Waals surface area contributed by atoms with Crippen molar-refractivity contribution in [2.75, 3.05) is 12.3 Å². The molecular weight excluding hydrogens is 406 g/mol. The fraction of sp³-hybridized carbons (Fsp3) is 0.688. The average molecular weight is 436 g/mol. The third-order valence-corrected chi connectivity index (χ3v) is 4.17. The lowest BCUT2D eigenvalue weighted by molar-refractivity contribution is -0.147. The van der Waals surface area contributed by atoms with Crippen LogP contribution in [0.3, 0.4) is 0 Å². The van der Waals surface area contributed by atoms with Crippen LogP contribution in [0, 0.1) is 0 Å². The van der Waals surface area contributed by atoms with Crippen molar-refractivity contribution in [3.05, 3.63) is 0 Å². The molecule has 0 aliphatic heterocycles. The summed E-state index contributed by atoms with van der Waals surface area (Å²) in [5.41, 5.74) is 10.9. The van der Waals surface area contributed by atoms with E-state index < -0.39 is 60.2 Å². The van der Waals surface area contributed by atoms with Crippen LogP contribution in [0.4, 0.5) is 0 Å². The second-order valence-electron chi connectivity index (χ2n) is 6.38. The number of carbonyl (C=O) groups is 5. The van der Waals surface area contributed by atoms with Gasteiger partial charge in [-0.05, 0) is 32.7 Å². The Labute approximate surface area is 173 Å². The average Bonchev–Trinajstić information content (AvgIpc) is 2.63. The van der Waals surface area contributed by atoms with E-state index in [9.17, 15) is 24.0 Å². The Morgan fingerprint density at radius 2 is 1.41 bits per heavy atom. The van der Waals surface area contributed by atoms with E-state index in [0.717, 1.165) is 0 Å². The Kier molecular flexibility index (Phi) is 12.6. The maximum atomic E-state index is 12.5. The summed E-state index contributed by atoms with van der Waals surface area (Å²) in [5.74, 6) is -5.17. The minimum absolute atomic E-state index is 0.0712. The second kappa shape index (κ2) is 13.7. The number of carbonyl (C=O) groups excluding carboxylic acids is 3. The van der Waals surface area contributed by atoms with Crippen molar-refractivity contribution >= 4 is 42.3 Å². The SMILES string of the molecule is CC(N)C(=O)NC(CS)C(=O)NC(CCCCN)C(=O)NC(CC(=O)O)C(=O)O. The van der Waals surface area contributed by atoms with Gasteiger partial charge in [0.15, 0.2) is 0 Å². The predicted octanol–water partition coefficient (Wildman–Crippen LogP) is -2.59. The molecule has 166 valence electrons. The van der Waals surface area contributed by atoms with Crippen LogP contribution in [0.2, 0.25) is 0 Å². The van der Waals surface area contributed by atoms with Crippen LogP contribution in [-0.2, 0) is 24.0 Å². The van der Waals surface area contributed by atoms with Gasteiger partial charge >= 0.3 is 11.9 Å². The first-order valence-electron chi connectivity index (χ1n) is 8.95. The van der Waals surface area contributed by atoms with Gasteiger partial charge in [-0.1, -0.05) is 0 Å². The van der Waals surface area contributed by atoms with Gasteiger partial charge in [-0.25, -0.2) is 4.79 Å². The van der Waals surface area contributed by atoms with Gasteiger partial charge in [0.1, 0.15) is 18.1 Å². The van der Waals surface area contributed by atoms with E-state index in [1.807, 2.05) is 0 Å². The Morgan fingerprint density at radius 1 is 0.897 bits per heavy atom. The smallest absolute Gasteiger partial charge is 0.326 e. The minimum Gasteiger partial charge on any atom is -0.481 e. The van der Waals surface area contributed by atoms with Gasteiger partial charge in [0.05, 0.1) is 12.5 Å². The maximum absolute atomic E-state index is 12.5. The number of aliphatic carboxylic acids is 2. The fourth-order valence-electron chi connectivity index (χ4n) is 2.18. The summed E-state index contributed by atoms with van der Waals surface area (Å²) in [5, 5.41) is 24.8. The normalized spacial score (nSPS) is 14.8. The van der Waals surface area contributed by atoms with Gasteiger partial charge < -0.3 is 37.6 Å². The highest BCUT2D eigenvalue weighted by Gasteiger charge is 2.30. The highest BCUT2D eigenvalue weighted by Crippen LogP contribution is 2.04. The first-order valence-corrected chi connectivity index (χ1v) is 9.58. The van der Waals surface area contributed by atoms with E-state index in [1.165, 1.54) is 6.92 Å². The Bertz CT molecular complexity index is 602. The lowest BCUT2D eigenvalue weighted by Crippen LogP contribution is -2.57. The van der Waals surface area contributed by atoms with Crippen molar-refractivity contribution in [1.29, 1.82) is 0 Å². The molecule has 0 bridgehead atoms. The number of carboxylic acids is 2. The van der Waals surface area contributed by atoms with Crippen LogP contribution in [0.25, 0.3) is 0 Å². The molecular formula is C16H29N5O7S. The first-order chi connectivity index (χ1) is 13.5. The van der Waals surface area contributed by atoms with Crippen LogP contribution in [0.15, 0.2) is 0 Å². The zero-order valence-electron chi connectivity index (χ0n) is 16.1. The molecule has 0 aromatic rings. The lowest BCUT2D eigenvalue weighted by Gasteiger charge is -2.24. The molecule has 0 saturated heterocycles. The number of rotatable bonds is 14. The van der Waals surface area contributed by atoms with Crippen LogP contribution in [0.1, 0.15) is 32.6 Å². The largest absolute Gasteiger partial charge is 0.481 e. The van der Waals surface area contributed by atoms with Crippen molar-refractivity contribution in [1.82, 2.24) is 16.0 Å². The van der Waals surface area contributed by atoms with E-state index in [4.69, 9.17) is 21.7 Å². The molecule has 3 amide bonds. The number of thiol groups is 1. The van der Waals surface area contributed by atoms with Gasteiger partial charge in [-0.3, -0.25) is 19.2 Å². The van der Waals surface area contributed by atoms with Crippen LogP contribution in [-0.4, -0.2) is 76.3 Å². The fourth-order valence-corrected chi connectivity index (χ4v) is 2.44. The summed E-state index contributed by atoms with van der Waals surface area (Å²) >= 11 is 4.00. The van der Waals surface area contributed by atoms with Gasteiger partial charge in [-0.2, -0.15) is 12.6 Å². The summed E-state index contributed by atoms with van der Waals surface area (Å²) in [4.78, 5) is 58.6. The molecule has 0 radical (unpaired) electrons. The van der Waals surface area contributed by atoms with E-state index >= 15 is 0 Å². The highest BCUT2D eigenvalue weighted by molar-refractivity contribution is 7.80. The van der Waals surface area contributed by atoms with Crippen molar-refractivity contribution in [3.63, 3.8) is 0 Å². The molecule has 9 N–H and O–H groups in total. The lowest BCUT2D eigenvalue weighted by atomic mass is 10.1. The quantitative estimate of drug-likeness (QED) is 0.106. The first kappa shape index (κ1) is 26.6. The maximum Gasteiger partial charge on any atom is 0.326 e. The van der Waals surface area contributed by atoms with E-state index in [1.54, 1.807) is 0 Å². The van der Waals surface area contributed by atoms with Crippen LogP contribution >= 0.6 is 12.6 Å². The molecule has 4 atom stereocenters. The summed E-state index contributed by atoms with van der Waals surface area (Å²) < 4.78 is 0. The monoisotopic (exact) mass is 435 g/mol. The predicted molar refractivity (Wildman–Crippen MR) is 106 cm³/mol. The minimum atomic E-state index is -1.66. The molecule has 0 fully saturated rings. The number of carboxylic acid groups (broad SMARTS) is 2. The molecule has 0 aromatic heterocycles. The van der Waals surface area contributed by atoms with Gasteiger partial charge in [0.25, 0.3) is 0 Å². The second-order valence-corrected chi connectivity index (χ2v) is 6.74. The van der Waals surface area contributed by atoms with Crippen molar-refractivity contribution in [2.45, 2.75) is 56.8 Å². The highest BCUT2D eigenvalue weighted by atomic mass is 32.1. The number of hydrogen-bond acceptors (Lipinski definition) is 8. The Balaban J connectivity index is 5.24. The van der Waals surface area contributed by atoms with Gasteiger partial charge in [0, 0.05) is 5.75 Å². The van der Waals surface area contributed by atoms with Crippen molar-refractivity contribution in [2.24, 2.45) is 11.5 Å². The molecule has 29 heavy (non-hydrogen) atoms.